The van der Waals surface area contributed by atoms with Crippen LogP contribution in [0.4, 0.5) is 0 Å². The van der Waals surface area contributed by atoms with Crippen LogP contribution in [-0.2, 0) is 35.0 Å². The van der Waals surface area contributed by atoms with Crippen LogP contribution in [0.25, 0.3) is 0 Å². The van der Waals surface area contributed by atoms with Crippen molar-refractivity contribution in [3.8, 4) is 5.75 Å². The minimum Gasteiger partial charge on any atom is -0.497 e. The van der Waals surface area contributed by atoms with Crippen molar-refractivity contribution in [2.45, 2.75) is 69.0 Å². The third kappa shape index (κ3) is 4.15. The van der Waals surface area contributed by atoms with E-state index in [2.05, 4.69) is 24.3 Å². The molecular weight excluding hydrogens is 436 g/mol. The van der Waals surface area contributed by atoms with Crippen molar-refractivity contribution in [2.24, 2.45) is 5.92 Å². The zero-order chi connectivity index (χ0) is 23.3. The summed E-state index contributed by atoms with van der Waals surface area (Å²) < 4.78 is 43.1. The molecule has 3 heterocycles. The van der Waals surface area contributed by atoms with Gasteiger partial charge in [0.25, 0.3) is 0 Å². The van der Waals surface area contributed by atoms with Gasteiger partial charge in [0.05, 0.1) is 20.3 Å². The van der Waals surface area contributed by atoms with Crippen molar-refractivity contribution in [3.05, 3.63) is 65.7 Å². The van der Waals surface area contributed by atoms with E-state index in [0.717, 1.165) is 17.7 Å². The summed E-state index contributed by atoms with van der Waals surface area (Å²) in [6.07, 6.45) is -0.216. The number of hydrogen-bond donors (Lipinski definition) is 0. The van der Waals surface area contributed by atoms with Gasteiger partial charge < -0.3 is 33.2 Å². The quantitative estimate of drug-likeness (QED) is 0.635. The normalized spacial score (nSPS) is 38.1. The third-order valence-electron chi connectivity index (χ3n) is 7.24. The van der Waals surface area contributed by atoms with Crippen LogP contribution in [0, 0.1) is 5.92 Å². The number of hydrogen-bond acceptors (Lipinski definition) is 7. The Labute approximate surface area is 200 Å². The number of fused-ring (bicyclic) bond motifs is 1. The smallest absolute Gasteiger partial charge is 0.224 e. The summed E-state index contributed by atoms with van der Waals surface area (Å²) in [7, 11) is 1.66. The molecule has 2 aromatic rings. The predicted molar refractivity (Wildman–Crippen MR) is 122 cm³/mol. The maximum Gasteiger partial charge on any atom is 0.224 e. The van der Waals surface area contributed by atoms with Crippen LogP contribution in [0.1, 0.15) is 37.3 Å². The van der Waals surface area contributed by atoms with Gasteiger partial charge in [0, 0.05) is 5.92 Å². The van der Waals surface area contributed by atoms with Crippen LogP contribution < -0.4 is 4.74 Å². The maximum absolute atomic E-state index is 6.55. The van der Waals surface area contributed by atoms with Gasteiger partial charge in [0.15, 0.2) is 12.1 Å². The van der Waals surface area contributed by atoms with Gasteiger partial charge in [-0.25, -0.2) is 0 Å². The lowest BCUT2D eigenvalue weighted by Gasteiger charge is -2.43. The highest BCUT2D eigenvalue weighted by atomic mass is 16.9. The van der Waals surface area contributed by atoms with E-state index < -0.39 is 17.7 Å². The van der Waals surface area contributed by atoms with E-state index in [4.69, 9.17) is 33.2 Å². The Morgan fingerprint density at radius 1 is 0.971 bits per heavy atom. The van der Waals surface area contributed by atoms with Crippen molar-refractivity contribution in [3.63, 3.8) is 0 Å². The second-order valence-electron chi connectivity index (χ2n) is 10.1. The summed E-state index contributed by atoms with van der Waals surface area (Å²) in [6.45, 7) is 4.82. The molecule has 2 aromatic carbocycles. The van der Waals surface area contributed by atoms with Gasteiger partial charge in [0.1, 0.15) is 30.7 Å². The minimum absolute atomic E-state index is 0.208. The van der Waals surface area contributed by atoms with Crippen LogP contribution in [0.2, 0.25) is 0 Å². The van der Waals surface area contributed by atoms with Gasteiger partial charge in [-0.2, -0.15) is 0 Å². The number of benzene rings is 2. The monoisotopic (exact) mass is 468 g/mol. The Kier molecular flexibility index (Phi) is 5.67. The molecule has 6 rings (SSSR count). The Hall–Kier alpha value is -2.00. The second-order valence-corrected chi connectivity index (χ2v) is 10.1. The fourth-order valence-electron chi connectivity index (χ4n) is 5.37. The van der Waals surface area contributed by atoms with Crippen molar-refractivity contribution in [1.82, 2.24) is 0 Å². The average Bonchev–Trinajstić information content (AvgIpc) is 3.44. The SMILES string of the molecule is COc1ccc(CO[C@H]2[C@@H]3O[C@@H]([C@@H]4C[C@H]4c4ccccc4)O[C@@H]3CO[C@]23COC(C)(C)O3)cc1. The Morgan fingerprint density at radius 2 is 1.76 bits per heavy atom. The lowest BCUT2D eigenvalue weighted by molar-refractivity contribution is -0.336. The van der Waals surface area contributed by atoms with Gasteiger partial charge in [-0.15, -0.1) is 0 Å². The molecule has 4 fully saturated rings. The maximum atomic E-state index is 6.55. The van der Waals surface area contributed by atoms with Crippen LogP contribution in [-0.4, -0.2) is 56.5 Å². The van der Waals surface area contributed by atoms with Crippen molar-refractivity contribution in [2.75, 3.05) is 20.3 Å². The molecular formula is C27H32O7. The fourth-order valence-corrected chi connectivity index (χ4v) is 5.37. The molecule has 4 aliphatic rings. The molecule has 3 saturated heterocycles. The zero-order valence-electron chi connectivity index (χ0n) is 19.8. The molecule has 0 amide bonds. The molecule has 182 valence electrons. The summed E-state index contributed by atoms with van der Waals surface area (Å²) in [5, 5.41) is 0. The number of methoxy groups -OCH3 is 1. The molecule has 7 atom stereocenters. The third-order valence-corrected chi connectivity index (χ3v) is 7.24. The first-order valence-electron chi connectivity index (χ1n) is 12.0. The zero-order valence-corrected chi connectivity index (χ0v) is 19.8. The fraction of sp³-hybridized carbons (Fsp3) is 0.556. The Balaban J connectivity index is 1.19. The van der Waals surface area contributed by atoms with E-state index in [9.17, 15) is 0 Å². The molecule has 7 nitrogen and oxygen atoms in total. The van der Waals surface area contributed by atoms with Crippen LogP contribution in [0.3, 0.4) is 0 Å². The molecule has 34 heavy (non-hydrogen) atoms. The second kappa shape index (κ2) is 8.59. The minimum atomic E-state index is -1.03. The van der Waals surface area contributed by atoms with Gasteiger partial charge in [0.2, 0.25) is 5.79 Å². The van der Waals surface area contributed by atoms with E-state index in [0.29, 0.717) is 25.0 Å². The van der Waals surface area contributed by atoms with Crippen LogP contribution >= 0.6 is 0 Å². The Morgan fingerprint density at radius 3 is 2.47 bits per heavy atom. The predicted octanol–water partition coefficient (Wildman–Crippen LogP) is 4.00. The topological polar surface area (TPSA) is 64.6 Å². The van der Waals surface area contributed by atoms with E-state index in [1.807, 2.05) is 44.2 Å². The van der Waals surface area contributed by atoms with Gasteiger partial charge >= 0.3 is 0 Å². The van der Waals surface area contributed by atoms with Gasteiger partial charge in [-0.3, -0.25) is 0 Å². The van der Waals surface area contributed by atoms with Crippen molar-refractivity contribution >= 4 is 0 Å². The summed E-state index contributed by atoms with van der Waals surface area (Å²) in [5.41, 5.74) is 2.36. The summed E-state index contributed by atoms with van der Waals surface area (Å²) >= 11 is 0. The molecule has 1 spiro atoms. The first-order chi connectivity index (χ1) is 16.5. The molecule has 0 unspecified atom stereocenters. The molecule has 0 radical (unpaired) electrons. The largest absolute Gasteiger partial charge is 0.497 e. The lowest BCUT2D eigenvalue weighted by Crippen LogP contribution is -2.62. The van der Waals surface area contributed by atoms with Gasteiger partial charge in [-0.05, 0) is 49.4 Å². The van der Waals surface area contributed by atoms with Crippen LogP contribution in [0.15, 0.2) is 54.6 Å². The molecule has 3 aliphatic heterocycles. The van der Waals surface area contributed by atoms with E-state index in [-0.39, 0.29) is 25.1 Å². The standard InChI is InChI=1S/C27H32O7/c1-26(2)31-16-27(34-26)24(29-14-17-9-11-19(28-3)12-10-17)23-22(15-30-27)32-25(33-23)21-13-20(21)18-7-5-4-6-8-18/h4-12,20-25H,13-16H2,1-3H3/t20-,21+,22+,23+,24-,25-,27-/m0/s1. The molecule has 1 aliphatic carbocycles. The number of rotatable bonds is 6. The molecule has 0 aromatic heterocycles. The first-order valence-corrected chi connectivity index (χ1v) is 12.0. The average molecular weight is 469 g/mol. The molecule has 0 bridgehead atoms. The number of ether oxygens (including phenoxy) is 7. The molecule has 1 saturated carbocycles. The summed E-state index contributed by atoms with van der Waals surface area (Å²) in [4.78, 5) is 0. The summed E-state index contributed by atoms with van der Waals surface area (Å²) in [6, 6.07) is 18.4. The molecule has 0 N–H and O–H groups in total. The van der Waals surface area contributed by atoms with Crippen LogP contribution in [0.5, 0.6) is 5.75 Å². The first kappa shape index (κ1) is 22.5. The van der Waals surface area contributed by atoms with Crippen molar-refractivity contribution < 1.29 is 33.2 Å². The highest BCUT2D eigenvalue weighted by Gasteiger charge is 2.64. The molecule has 7 heteroatoms. The highest BCUT2D eigenvalue weighted by molar-refractivity contribution is 5.27. The Bertz CT molecular complexity index is 994. The summed E-state index contributed by atoms with van der Waals surface area (Å²) in [5.74, 6) is -0.184. The lowest BCUT2D eigenvalue weighted by atomic mass is 9.97. The highest BCUT2D eigenvalue weighted by Crippen LogP contribution is 2.54. The van der Waals surface area contributed by atoms with E-state index in [1.54, 1.807) is 7.11 Å². The van der Waals surface area contributed by atoms with E-state index >= 15 is 0 Å². The van der Waals surface area contributed by atoms with Gasteiger partial charge in [-0.1, -0.05) is 42.5 Å². The van der Waals surface area contributed by atoms with E-state index in [1.165, 1.54) is 5.56 Å². The van der Waals surface area contributed by atoms with Crippen molar-refractivity contribution in [1.29, 1.82) is 0 Å².